The molecular formula is C29H38N6O2S. The molecular weight excluding hydrogens is 496 g/mol. The molecule has 0 saturated heterocycles. The zero-order valence-corrected chi connectivity index (χ0v) is 23.8. The van der Waals surface area contributed by atoms with Crippen molar-refractivity contribution in [3.8, 4) is 10.6 Å². The van der Waals surface area contributed by atoms with E-state index in [1.807, 2.05) is 66.5 Å². The number of fused-ring (bicyclic) bond motifs is 1. The zero-order chi connectivity index (χ0) is 27.2. The molecule has 2 aromatic carbocycles. The highest BCUT2D eigenvalue weighted by atomic mass is 32.1. The van der Waals surface area contributed by atoms with Crippen LogP contribution in [0, 0.1) is 13.8 Å². The first-order valence-electron chi connectivity index (χ1n) is 13.1. The number of carbonyl (C=O) groups is 2. The van der Waals surface area contributed by atoms with Crippen LogP contribution in [0.15, 0.2) is 47.8 Å². The number of hydrazine groups is 1. The van der Waals surface area contributed by atoms with E-state index < -0.39 is 0 Å². The van der Waals surface area contributed by atoms with Crippen molar-refractivity contribution in [1.82, 2.24) is 25.6 Å². The maximum Gasteiger partial charge on any atom is 0.256 e. The lowest BCUT2D eigenvalue weighted by molar-refractivity contribution is -0.145. The standard InChI is InChI=1S/C29H38N6O2S/c1-20(2)30-12-13-31-27(36)17-34(26-14-23(11-10-21(26)3)29-32-22(4)19-38-29)18-28(37)33(5)35-15-24-8-6-7-9-25(24)16-35/h6-11,14,19-20,30H,12-13,15-18H2,1-5H3,(H,31,36). The molecule has 0 saturated carbocycles. The second kappa shape index (κ2) is 12.5. The van der Waals surface area contributed by atoms with Crippen LogP contribution in [0.25, 0.3) is 10.6 Å². The molecule has 2 heterocycles. The van der Waals surface area contributed by atoms with E-state index in [0.29, 0.717) is 32.2 Å². The van der Waals surface area contributed by atoms with Crippen LogP contribution in [0.1, 0.15) is 36.2 Å². The topological polar surface area (TPSA) is 80.8 Å². The third-order valence-corrected chi connectivity index (χ3v) is 7.69. The van der Waals surface area contributed by atoms with Gasteiger partial charge in [-0.05, 0) is 36.6 Å². The number of likely N-dealkylation sites (N-methyl/N-ethyl adjacent to an activating group) is 1. The molecule has 0 spiro atoms. The summed E-state index contributed by atoms with van der Waals surface area (Å²) in [6, 6.07) is 14.7. The Hall–Kier alpha value is -3.27. The van der Waals surface area contributed by atoms with E-state index >= 15 is 0 Å². The van der Waals surface area contributed by atoms with E-state index in [9.17, 15) is 9.59 Å². The Labute approximate surface area is 229 Å². The number of anilines is 1. The average Bonchev–Trinajstić information content (AvgIpc) is 3.52. The van der Waals surface area contributed by atoms with Crippen LogP contribution in [-0.2, 0) is 22.7 Å². The van der Waals surface area contributed by atoms with E-state index in [2.05, 4.69) is 41.6 Å². The number of hydrogen-bond acceptors (Lipinski definition) is 7. The minimum absolute atomic E-state index is 0.0676. The van der Waals surface area contributed by atoms with Crippen LogP contribution in [0.3, 0.4) is 0 Å². The van der Waals surface area contributed by atoms with Crippen molar-refractivity contribution >= 4 is 28.8 Å². The predicted molar refractivity (Wildman–Crippen MR) is 154 cm³/mol. The molecule has 2 N–H and O–H groups in total. The number of thiazole rings is 1. The van der Waals surface area contributed by atoms with E-state index in [1.54, 1.807) is 16.3 Å². The first kappa shape index (κ1) is 27.8. The van der Waals surface area contributed by atoms with Gasteiger partial charge in [0.15, 0.2) is 0 Å². The van der Waals surface area contributed by atoms with Crippen LogP contribution in [0.2, 0.25) is 0 Å². The fourth-order valence-electron chi connectivity index (χ4n) is 4.54. The Morgan fingerprint density at radius 2 is 1.76 bits per heavy atom. The summed E-state index contributed by atoms with van der Waals surface area (Å²) in [6.45, 7) is 10.9. The highest BCUT2D eigenvalue weighted by molar-refractivity contribution is 7.13. The van der Waals surface area contributed by atoms with Gasteiger partial charge in [-0.2, -0.15) is 0 Å². The van der Waals surface area contributed by atoms with E-state index in [4.69, 9.17) is 0 Å². The van der Waals surface area contributed by atoms with Gasteiger partial charge >= 0.3 is 0 Å². The first-order valence-corrected chi connectivity index (χ1v) is 14.0. The molecule has 202 valence electrons. The second-order valence-electron chi connectivity index (χ2n) is 10.1. The number of nitrogens with one attached hydrogen (secondary N) is 2. The van der Waals surface area contributed by atoms with Crippen molar-refractivity contribution in [3.05, 3.63) is 70.2 Å². The first-order chi connectivity index (χ1) is 18.2. The second-order valence-corrected chi connectivity index (χ2v) is 11.0. The number of benzene rings is 2. The molecule has 0 fully saturated rings. The van der Waals surface area contributed by atoms with Gasteiger partial charge < -0.3 is 15.5 Å². The summed E-state index contributed by atoms with van der Waals surface area (Å²) in [6.07, 6.45) is 0. The van der Waals surface area contributed by atoms with Crippen LogP contribution >= 0.6 is 11.3 Å². The fraction of sp³-hybridized carbons (Fsp3) is 0.414. The van der Waals surface area contributed by atoms with Crippen LogP contribution in [0.4, 0.5) is 5.69 Å². The summed E-state index contributed by atoms with van der Waals surface area (Å²) < 4.78 is 0. The molecule has 1 aromatic heterocycles. The van der Waals surface area contributed by atoms with Gasteiger partial charge in [0, 0.05) is 61.6 Å². The Morgan fingerprint density at radius 1 is 1.05 bits per heavy atom. The van der Waals surface area contributed by atoms with Crippen LogP contribution in [-0.4, -0.2) is 66.1 Å². The largest absolute Gasteiger partial charge is 0.353 e. The van der Waals surface area contributed by atoms with Crippen molar-refractivity contribution in [1.29, 1.82) is 0 Å². The van der Waals surface area contributed by atoms with Crippen molar-refractivity contribution in [2.24, 2.45) is 0 Å². The fourth-order valence-corrected chi connectivity index (χ4v) is 5.33. The molecule has 1 aliphatic rings. The van der Waals surface area contributed by atoms with Gasteiger partial charge in [0.25, 0.3) is 5.91 Å². The lowest BCUT2D eigenvalue weighted by Crippen LogP contribution is -2.48. The van der Waals surface area contributed by atoms with Crippen LogP contribution in [0.5, 0.6) is 0 Å². The molecule has 9 heteroatoms. The maximum absolute atomic E-state index is 13.5. The number of aromatic nitrogens is 1. The van der Waals surface area contributed by atoms with Gasteiger partial charge in [0.2, 0.25) is 5.91 Å². The third-order valence-electron chi connectivity index (χ3n) is 6.69. The molecule has 0 aliphatic carbocycles. The lowest BCUT2D eigenvalue weighted by atomic mass is 10.1. The molecule has 8 nitrogen and oxygen atoms in total. The van der Waals surface area contributed by atoms with E-state index in [1.165, 1.54) is 11.1 Å². The Balaban J connectivity index is 1.52. The minimum atomic E-state index is -0.116. The predicted octanol–water partition coefficient (Wildman–Crippen LogP) is 3.74. The van der Waals surface area contributed by atoms with Crippen LogP contribution < -0.4 is 15.5 Å². The van der Waals surface area contributed by atoms with Crippen molar-refractivity contribution < 1.29 is 9.59 Å². The molecule has 4 rings (SSSR count). The van der Waals surface area contributed by atoms with Gasteiger partial charge in [-0.1, -0.05) is 50.2 Å². The number of rotatable bonds is 11. The Kier molecular flexibility index (Phi) is 9.14. The van der Waals surface area contributed by atoms with E-state index in [-0.39, 0.29) is 24.9 Å². The van der Waals surface area contributed by atoms with E-state index in [0.717, 1.165) is 27.5 Å². The molecule has 3 aromatic rings. The molecule has 38 heavy (non-hydrogen) atoms. The van der Waals surface area contributed by atoms with Gasteiger partial charge in [-0.15, -0.1) is 11.3 Å². The van der Waals surface area contributed by atoms with Crippen molar-refractivity contribution in [2.45, 2.75) is 46.8 Å². The summed E-state index contributed by atoms with van der Waals surface area (Å²) in [5.41, 5.74) is 6.28. The highest BCUT2D eigenvalue weighted by Gasteiger charge is 2.27. The minimum Gasteiger partial charge on any atom is -0.353 e. The van der Waals surface area contributed by atoms with Crippen molar-refractivity contribution in [3.63, 3.8) is 0 Å². The summed E-state index contributed by atoms with van der Waals surface area (Å²) >= 11 is 1.59. The monoisotopic (exact) mass is 534 g/mol. The summed E-state index contributed by atoms with van der Waals surface area (Å²) in [7, 11) is 1.81. The molecule has 0 unspecified atom stereocenters. The smallest absolute Gasteiger partial charge is 0.256 e. The van der Waals surface area contributed by atoms with Gasteiger partial charge in [-0.3, -0.25) is 14.6 Å². The SMILES string of the molecule is Cc1csc(-c2ccc(C)c(N(CC(=O)NCCNC(C)C)CC(=O)N(C)N3Cc4ccccc4C3)c2)n1. The summed E-state index contributed by atoms with van der Waals surface area (Å²) in [4.78, 5) is 33.0. The summed E-state index contributed by atoms with van der Waals surface area (Å²) in [5, 5.41) is 13.0. The summed E-state index contributed by atoms with van der Waals surface area (Å²) in [5.74, 6) is -0.184. The number of hydrogen-bond donors (Lipinski definition) is 2. The van der Waals surface area contributed by atoms with Gasteiger partial charge in [-0.25, -0.2) is 9.99 Å². The number of aryl methyl sites for hydroxylation is 2. The van der Waals surface area contributed by atoms with Gasteiger partial charge in [0.1, 0.15) is 5.01 Å². The quantitative estimate of drug-likeness (QED) is 0.365. The average molecular weight is 535 g/mol. The third kappa shape index (κ3) is 6.98. The van der Waals surface area contributed by atoms with Gasteiger partial charge in [0.05, 0.1) is 13.1 Å². The number of carbonyl (C=O) groups excluding carboxylic acids is 2. The number of amides is 2. The maximum atomic E-state index is 13.5. The molecule has 0 bridgehead atoms. The lowest BCUT2D eigenvalue weighted by Gasteiger charge is -2.32. The number of nitrogens with zero attached hydrogens (tertiary/aromatic N) is 4. The molecule has 0 radical (unpaired) electrons. The Morgan fingerprint density at radius 3 is 2.39 bits per heavy atom. The molecule has 0 atom stereocenters. The Bertz CT molecular complexity index is 1250. The molecule has 1 aliphatic heterocycles. The molecule has 2 amide bonds. The normalized spacial score (nSPS) is 13.0. The van der Waals surface area contributed by atoms with Crippen molar-refractivity contribution in [2.75, 3.05) is 38.1 Å². The highest BCUT2D eigenvalue weighted by Crippen LogP contribution is 2.30. The zero-order valence-electron chi connectivity index (χ0n) is 23.0.